The Kier molecular flexibility index (Phi) is 5.14. The van der Waals surface area contributed by atoms with Crippen molar-refractivity contribution in [1.82, 2.24) is 19.7 Å². The number of halogens is 3. The van der Waals surface area contributed by atoms with Crippen LogP contribution >= 0.6 is 0 Å². The fourth-order valence-electron chi connectivity index (χ4n) is 5.13. The Balaban J connectivity index is 1.54. The Bertz CT molecular complexity index is 1210. The molecule has 9 heteroatoms. The summed E-state index contributed by atoms with van der Waals surface area (Å²) >= 11 is 0. The number of carbonyl (C=O) groups is 1. The molecule has 2 aromatic heterocycles. The molecular formula is C24H24F3N5O. The van der Waals surface area contributed by atoms with Crippen molar-refractivity contribution in [2.24, 2.45) is 7.05 Å². The standard InChI is InChI=1S/C24H24F3N5O/c1-30(2)20-8-7-13(12-28-20)24(33)32-15-5-4-6-19(32)22-16(11-15)23(31(3)29-22)14-9-17(25)21(27)18(26)10-14/h7-10,12,15,19H,4-6,11H2,1-3H3/t15-,19+/m0/s1. The minimum Gasteiger partial charge on any atom is -0.363 e. The van der Waals surface area contributed by atoms with Crippen LogP contribution in [0.3, 0.4) is 0 Å². The highest BCUT2D eigenvalue weighted by molar-refractivity contribution is 5.95. The molecular weight excluding hydrogens is 431 g/mol. The third-order valence-electron chi connectivity index (χ3n) is 6.62. The molecule has 2 atom stereocenters. The number of hydrogen-bond acceptors (Lipinski definition) is 4. The first-order chi connectivity index (χ1) is 15.8. The van der Waals surface area contributed by atoms with Crippen LogP contribution in [0.25, 0.3) is 11.3 Å². The van der Waals surface area contributed by atoms with Crippen LogP contribution in [0.4, 0.5) is 19.0 Å². The molecule has 2 aliphatic rings. The van der Waals surface area contributed by atoms with Crippen LogP contribution in [0, 0.1) is 17.5 Å². The van der Waals surface area contributed by atoms with Gasteiger partial charge in [-0.2, -0.15) is 5.10 Å². The summed E-state index contributed by atoms with van der Waals surface area (Å²) in [4.78, 5) is 21.6. The molecule has 2 aliphatic heterocycles. The summed E-state index contributed by atoms with van der Waals surface area (Å²) in [6.07, 6.45) is 4.65. The summed E-state index contributed by atoms with van der Waals surface area (Å²) in [5.74, 6) is -3.29. The molecule has 1 saturated heterocycles. The molecule has 2 bridgehead atoms. The maximum absolute atomic E-state index is 14.0. The zero-order valence-electron chi connectivity index (χ0n) is 18.6. The van der Waals surface area contributed by atoms with Crippen molar-refractivity contribution >= 4 is 11.7 Å². The molecule has 6 nitrogen and oxygen atoms in total. The lowest BCUT2D eigenvalue weighted by Gasteiger charge is -2.45. The molecule has 0 radical (unpaired) electrons. The number of anilines is 1. The molecule has 5 rings (SSSR count). The first-order valence-electron chi connectivity index (χ1n) is 10.9. The Morgan fingerprint density at radius 1 is 1.12 bits per heavy atom. The summed E-state index contributed by atoms with van der Waals surface area (Å²) in [5.41, 5.74) is 2.91. The molecule has 0 N–H and O–H groups in total. The minimum atomic E-state index is -1.49. The fourth-order valence-corrected chi connectivity index (χ4v) is 5.13. The lowest BCUT2D eigenvalue weighted by molar-refractivity contribution is 0.0391. The van der Waals surface area contributed by atoms with E-state index in [1.165, 1.54) is 0 Å². The van der Waals surface area contributed by atoms with E-state index in [-0.39, 0.29) is 23.6 Å². The molecule has 1 amide bonds. The third kappa shape index (κ3) is 3.46. The third-order valence-corrected chi connectivity index (χ3v) is 6.62. The number of piperidine rings is 1. The highest BCUT2D eigenvalue weighted by Crippen LogP contribution is 2.45. The number of pyridine rings is 1. The number of nitrogens with zero attached hydrogens (tertiary/aromatic N) is 5. The van der Waals surface area contributed by atoms with Crippen molar-refractivity contribution in [3.05, 3.63) is 64.7 Å². The predicted octanol–water partition coefficient (Wildman–Crippen LogP) is 4.26. The summed E-state index contributed by atoms with van der Waals surface area (Å²) in [6.45, 7) is 0. The number of fused-ring (bicyclic) bond motifs is 4. The van der Waals surface area contributed by atoms with Crippen LogP contribution in [0.15, 0.2) is 30.5 Å². The summed E-state index contributed by atoms with van der Waals surface area (Å²) < 4.78 is 43.0. The molecule has 33 heavy (non-hydrogen) atoms. The fraction of sp³-hybridized carbons (Fsp3) is 0.375. The summed E-state index contributed by atoms with van der Waals surface area (Å²) in [5, 5.41) is 4.66. The van der Waals surface area contributed by atoms with E-state index in [4.69, 9.17) is 0 Å². The van der Waals surface area contributed by atoms with E-state index in [9.17, 15) is 18.0 Å². The van der Waals surface area contributed by atoms with E-state index in [0.29, 0.717) is 17.7 Å². The van der Waals surface area contributed by atoms with Gasteiger partial charge < -0.3 is 9.80 Å². The van der Waals surface area contributed by atoms with Gasteiger partial charge in [0, 0.05) is 44.5 Å². The van der Waals surface area contributed by atoms with E-state index in [0.717, 1.165) is 48.5 Å². The van der Waals surface area contributed by atoms with E-state index in [1.54, 1.807) is 24.0 Å². The van der Waals surface area contributed by atoms with Gasteiger partial charge >= 0.3 is 0 Å². The zero-order valence-corrected chi connectivity index (χ0v) is 18.6. The van der Waals surface area contributed by atoms with Gasteiger partial charge in [0.15, 0.2) is 17.5 Å². The first-order valence-corrected chi connectivity index (χ1v) is 10.9. The van der Waals surface area contributed by atoms with Crippen LogP contribution in [-0.2, 0) is 13.5 Å². The van der Waals surface area contributed by atoms with Gasteiger partial charge in [0.25, 0.3) is 5.91 Å². The van der Waals surface area contributed by atoms with E-state index < -0.39 is 17.5 Å². The quantitative estimate of drug-likeness (QED) is 0.554. The Morgan fingerprint density at radius 2 is 1.85 bits per heavy atom. The van der Waals surface area contributed by atoms with Gasteiger partial charge in [0.1, 0.15) is 5.82 Å². The average Bonchev–Trinajstić information content (AvgIpc) is 3.12. The predicted molar refractivity (Wildman–Crippen MR) is 117 cm³/mol. The van der Waals surface area contributed by atoms with Crippen molar-refractivity contribution in [3.63, 3.8) is 0 Å². The van der Waals surface area contributed by atoms with Crippen molar-refractivity contribution in [1.29, 1.82) is 0 Å². The van der Waals surface area contributed by atoms with Gasteiger partial charge in [-0.3, -0.25) is 9.48 Å². The number of rotatable bonds is 3. The largest absolute Gasteiger partial charge is 0.363 e. The van der Waals surface area contributed by atoms with E-state index >= 15 is 0 Å². The second kappa shape index (κ2) is 7.90. The summed E-state index contributed by atoms with van der Waals surface area (Å²) in [6, 6.07) is 5.31. The highest BCUT2D eigenvalue weighted by Gasteiger charge is 2.43. The molecule has 1 aromatic carbocycles. The first kappa shape index (κ1) is 21.5. The molecule has 172 valence electrons. The minimum absolute atomic E-state index is 0.0598. The zero-order chi connectivity index (χ0) is 23.4. The van der Waals surface area contributed by atoms with Gasteiger partial charge in [0.05, 0.1) is 23.0 Å². The summed E-state index contributed by atoms with van der Waals surface area (Å²) in [7, 11) is 5.47. The number of aryl methyl sites for hydroxylation is 1. The Morgan fingerprint density at radius 3 is 2.48 bits per heavy atom. The maximum atomic E-state index is 14.0. The number of benzene rings is 1. The molecule has 0 saturated carbocycles. The van der Waals surface area contributed by atoms with Gasteiger partial charge in [-0.15, -0.1) is 0 Å². The lowest BCUT2D eigenvalue weighted by Crippen LogP contribution is -2.49. The molecule has 4 heterocycles. The maximum Gasteiger partial charge on any atom is 0.256 e. The smallest absolute Gasteiger partial charge is 0.256 e. The Labute approximate surface area is 189 Å². The van der Waals surface area contributed by atoms with Gasteiger partial charge in [-0.25, -0.2) is 18.2 Å². The SMILES string of the molecule is CN(C)c1ccc(C(=O)N2[C@H]3CCC[C@@H]2c2nn(C)c(-c4cc(F)c(F)c(F)c4)c2C3)cn1. The Hall–Kier alpha value is -3.36. The van der Waals surface area contributed by atoms with Crippen LogP contribution < -0.4 is 4.90 Å². The molecule has 3 aromatic rings. The second-order valence-corrected chi connectivity index (χ2v) is 8.91. The van der Waals surface area contributed by atoms with Gasteiger partial charge in [0.2, 0.25) is 0 Å². The van der Waals surface area contributed by atoms with Crippen molar-refractivity contribution in [2.45, 2.75) is 37.8 Å². The van der Waals surface area contributed by atoms with Crippen molar-refractivity contribution in [2.75, 3.05) is 19.0 Å². The van der Waals surface area contributed by atoms with Crippen LogP contribution in [0.5, 0.6) is 0 Å². The topological polar surface area (TPSA) is 54.3 Å². The lowest BCUT2D eigenvalue weighted by atomic mass is 9.81. The number of hydrogen-bond donors (Lipinski definition) is 0. The van der Waals surface area contributed by atoms with Crippen LogP contribution in [0.1, 0.15) is 46.9 Å². The normalized spacial score (nSPS) is 19.4. The van der Waals surface area contributed by atoms with Crippen molar-refractivity contribution < 1.29 is 18.0 Å². The van der Waals surface area contributed by atoms with Crippen LogP contribution in [-0.4, -0.2) is 45.7 Å². The molecule has 0 aliphatic carbocycles. The van der Waals surface area contributed by atoms with E-state index in [2.05, 4.69) is 10.1 Å². The average molecular weight is 455 g/mol. The van der Waals surface area contributed by atoms with Gasteiger partial charge in [-0.05, 0) is 49.9 Å². The number of aromatic nitrogens is 3. The second-order valence-electron chi connectivity index (χ2n) is 8.91. The van der Waals surface area contributed by atoms with E-state index in [1.807, 2.05) is 30.0 Å². The molecule has 0 spiro atoms. The van der Waals surface area contributed by atoms with Crippen molar-refractivity contribution in [3.8, 4) is 11.3 Å². The monoisotopic (exact) mass is 455 g/mol. The number of carbonyl (C=O) groups excluding carboxylic acids is 1. The number of amides is 1. The molecule has 1 fully saturated rings. The van der Waals surface area contributed by atoms with Gasteiger partial charge in [-0.1, -0.05) is 0 Å². The molecule has 0 unspecified atom stereocenters. The van der Waals surface area contributed by atoms with Crippen LogP contribution in [0.2, 0.25) is 0 Å². The highest BCUT2D eigenvalue weighted by atomic mass is 19.2.